The minimum atomic E-state index is -0.357. The molecule has 0 aliphatic rings. The maximum Gasteiger partial charge on any atom is 0.341 e. The topological polar surface area (TPSA) is 63.5 Å². The second-order valence-electron chi connectivity index (χ2n) is 5.73. The number of rotatable bonds is 7. The number of carbonyl (C=O) groups excluding carboxylic acids is 1. The molecule has 0 atom stereocenters. The molecule has 7 heteroatoms. The second-order valence-corrected chi connectivity index (χ2v) is 7.27. The summed E-state index contributed by atoms with van der Waals surface area (Å²) in [7, 11) is 0. The zero-order valence-corrected chi connectivity index (χ0v) is 16.5. The van der Waals surface area contributed by atoms with Crippen LogP contribution in [-0.2, 0) is 17.7 Å². The Morgan fingerprint density at radius 1 is 1.22 bits per heavy atom. The van der Waals surface area contributed by atoms with E-state index >= 15 is 0 Å². The van der Waals surface area contributed by atoms with Crippen molar-refractivity contribution in [1.29, 1.82) is 0 Å². The zero-order chi connectivity index (χ0) is 19.1. The van der Waals surface area contributed by atoms with E-state index in [4.69, 9.17) is 21.4 Å². The van der Waals surface area contributed by atoms with E-state index in [2.05, 4.69) is 22.8 Å². The van der Waals surface area contributed by atoms with Crippen LogP contribution in [0.1, 0.15) is 33.5 Å². The van der Waals surface area contributed by atoms with E-state index in [0.717, 1.165) is 17.1 Å². The number of anilines is 1. The second kappa shape index (κ2) is 9.34. The smallest absolute Gasteiger partial charge is 0.341 e. The average molecular weight is 401 g/mol. The van der Waals surface area contributed by atoms with Gasteiger partial charge in [-0.05, 0) is 42.9 Å². The highest BCUT2D eigenvalue weighted by Gasteiger charge is 2.18. The van der Waals surface area contributed by atoms with Gasteiger partial charge in [0.05, 0.1) is 25.0 Å². The van der Waals surface area contributed by atoms with Gasteiger partial charge in [-0.2, -0.15) is 0 Å². The monoisotopic (exact) mass is 400 g/mol. The van der Waals surface area contributed by atoms with Gasteiger partial charge >= 0.3 is 5.97 Å². The molecule has 140 valence electrons. The Morgan fingerprint density at radius 3 is 2.74 bits per heavy atom. The highest BCUT2D eigenvalue weighted by Crippen LogP contribution is 2.30. The number of ether oxygens (including phenoxy) is 1. The van der Waals surface area contributed by atoms with Gasteiger partial charge in [-0.15, -0.1) is 11.3 Å². The first-order valence-corrected chi connectivity index (χ1v) is 9.79. The van der Waals surface area contributed by atoms with Crippen LogP contribution in [0.25, 0.3) is 0 Å². The number of thiophene rings is 1. The van der Waals surface area contributed by atoms with E-state index < -0.39 is 0 Å². The number of thiocarbonyl (C=S) groups is 1. The van der Waals surface area contributed by atoms with Gasteiger partial charge in [0.1, 0.15) is 10.8 Å². The molecule has 2 heterocycles. The van der Waals surface area contributed by atoms with Crippen molar-refractivity contribution in [1.82, 2.24) is 5.32 Å². The molecule has 0 fully saturated rings. The van der Waals surface area contributed by atoms with Gasteiger partial charge < -0.3 is 19.8 Å². The summed E-state index contributed by atoms with van der Waals surface area (Å²) in [6.45, 7) is 2.58. The molecule has 3 rings (SSSR count). The largest absolute Gasteiger partial charge is 0.467 e. The molecule has 0 amide bonds. The molecule has 0 unspecified atom stereocenters. The third kappa shape index (κ3) is 5.42. The highest BCUT2D eigenvalue weighted by atomic mass is 32.1. The molecule has 0 saturated carbocycles. The lowest BCUT2D eigenvalue weighted by Crippen LogP contribution is -2.28. The normalized spacial score (nSPS) is 10.4. The van der Waals surface area contributed by atoms with Gasteiger partial charge in [0.15, 0.2) is 5.11 Å². The lowest BCUT2D eigenvalue weighted by Gasteiger charge is -2.09. The third-order valence-electron chi connectivity index (χ3n) is 3.73. The van der Waals surface area contributed by atoms with Crippen molar-refractivity contribution in [3.05, 3.63) is 76.6 Å². The molecule has 0 aliphatic heterocycles. The van der Waals surface area contributed by atoms with Crippen molar-refractivity contribution in [3.63, 3.8) is 0 Å². The minimum absolute atomic E-state index is 0.323. The molecule has 0 radical (unpaired) electrons. The summed E-state index contributed by atoms with van der Waals surface area (Å²) in [6.07, 6.45) is 2.35. The predicted octanol–water partition coefficient (Wildman–Crippen LogP) is 4.60. The fourth-order valence-corrected chi connectivity index (χ4v) is 3.83. The van der Waals surface area contributed by atoms with Crippen molar-refractivity contribution in [2.75, 3.05) is 11.9 Å². The van der Waals surface area contributed by atoms with Gasteiger partial charge in [0.2, 0.25) is 0 Å². The van der Waals surface area contributed by atoms with Crippen LogP contribution in [-0.4, -0.2) is 17.7 Å². The Labute approximate surface area is 167 Å². The molecular weight excluding hydrogens is 380 g/mol. The molecule has 1 aromatic carbocycles. The van der Waals surface area contributed by atoms with Crippen LogP contribution in [0.2, 0.25) is 0 Å². The summed E-state index contributed by atoms with van der Waals surface area (Å²) in [4.78, 5) is 13.4. The number of benzene rings is 1. The molecular formula is C20H20N2O3S2. The van der Waals surface area contributed by atoms with Gasteiger partial charge in [0.25, 0.3) is 0 Å². The number of carbonyl (C=O) groups is 1. The summed E-state index contributed by atoms with van der Waals surface area (Å²) in [5.74, 6) is 0.421. The molecule has 0 saturated heterocycles. The standard InChI is InChI=1S/C20H20N2O3S2/c1-2-24-19(23)17-12-16(11-14-7-4-3-5-8-14)27-18(17)22-20(26)21-13-15-9-6-10-25-15/h3-10,12H,2,11,13H2,1H3,(H2,21,22,26). The van der Waals surface area contributed by atoms with Crippen molar-refractivity contribution >= 4 is 39.6 Å². The van der Waals surface area contributed by atoms with Crippen molar-refractivity contribution in [2.24, 2.45) is 0 Å². The van der Waals surface area contributed by atoms with Crippen LogP contribution in [0.4, 0.5) is 5.00 Å². The zero-order valence-electron chi connectivity index (χ0n) is 14.9. The molecule has 0 spiro atoms. The predicted molar refractivity (Wildman–Crippen MR) is 111 cm³/mol. The first kappa shape index (κ1) is 19.1. The van der Waals surface area contributed by atoms with Crippen molar-refractivity contribution < 1.29 is 13.9 Å². The Bertz CT molecular complexity index is 889. The molecule has 0 aliphatic carbocycles. The van der Waals surface area contributed by atoms with Gasteiger partial charge in [-0.1, -0.05) is 30.3 Å². The number of esters is 1. The Balaban J connectivity index is 1.72. The first-order valence-electron chi connectivity index (χ1n) is 8.56. The summed E-state index contributed by atoms with van der Waals surface area (Å²) in [5.41, 5.74) is 1.68. The first-order chi connectivity index (χ1) is 13.2. The quantitative estimate of drug-likeness (QED) is 0.447. The van der Waals surface area contributed by atoms with Crippen LogP contribution in [0.15, 0.2) is 59.2 Å². The van der Waals surface area contributed by atoms with Crippen LogP contribution in [0, 0.1) is 0 Å². The fraction of sp³-hybridized carbons (Fsp3) is 0.200. The molecule has 2 N–H and O–H groups in total. The van der Waals surface area contributed by atoms with Gasteiger partial charge in [0, 0.05) is 11.3 Å². The molecule has 27 heavy (non-hydrogen) atoms. The van der Waals surface area contributed by atoms with Crippen LogP contribution in [0.5, 0.6) is 0 Å². The molecule has 0 bridgehead atoms. The summed E-state index contributed by atoms with van der Waals surface area (Å²) < 4.78 is 10.5. The van der Waals surface area contributed by atoms with E-state index in [1.807, 2.05) is 36.4 Å². The molecule has 2 aromatic heterocycles. The van der Waals surface area contributed by atoms with E-state index in [1.54, 1.807) is 13.2 Å². The lowest BCUT2D eigenvalue weighted by molar-refractivity contribution is 0.0528. The summed E-state index contributed by atoms with van der Waals surface area (Å²) in [6, 6.07) is 15.7. The molecule has 5 nitrogen and oxygen atoms in total. The summed E-state index contributed by atoms with van der Waals surface area (Å²) in [5, 5.41) is 7.29. The van der Waals surface area contributed by atoms with Crippen LogP contribution >= 0.6 is 23.6 Å². The third-order valence-corrected chi connectivity index (χ3v) is 5.03. The Hall–Kier alpha value is -2.64. The molecule has 3 aromatic rings. The Morgan fingerprint density at radius 2 is 2.04 bits per heavy atom. The minimum Gasteiger partial charge on any atom is -0.467 e. The fourth-order valence-electron chi connectivity index (χ4n) is 2.51. The van der Waals surface area contributed by atoms with Gasteiger partial charge in [-0.25, -0.2) is 4.79 Å². The maximum atomic E-state index is 12.3. The number of furan rings is 1. The Kier molecular flexibility index (Phi) is 6.62. The number of hydrogen-bond acceptors (Lipinski definition) is 5. The van der Waals surface area contributed by atoms with Crippen LogP contribution < -0.4 is 10.6 Å². The van der Waals surface area contributed by atoms with Gasteiger partial charge in [-0.3, -0.25) is 0 Å². The maximum absolute atomic E-state index is 12.3. The van der Waals surface area contributed by atoms with Crippen molar-refractivity contribution in [2.45, 2.75) is 19.9 Å². The van der Waals surface area contributed by atoms with E-state index in [9.17, 15) is 4.79 Å². The van der Waals surface area contributed by atoms with E-state index in [-0.39, 0.29) is 5.97 Å². The van der Waals surface area contributed by atoms with Crippen molar-refractivity contribution in [3.8, 4) is 0 Å². The number of nitrogens with one attached hydrogen (secondary N) is 2. The average Bonchev–Trinajstić information content (AvgIpc) is 3.31. The van der Waals surface area contributed by atoms with Crippen LogP contribution in [0.3, 0.4) is 0 Å². The van der Waals surface area contributed by atoms with E-state index in [0.29, 0.717) is 28.8 Å². The van der Waals surface area contributed by atoms with E-state index in [1.165, 1.54) is 16.9 Å². The lowest BCUT2D eigenvalue weighted by atomic mass is 10.1. The number of hydrogen-bond donors (Lipinski definition) is 2. The highest BCUT2D eigenvalue weighted by molar-refractivity contribution is 7.80. The summed E-state index contributed by atoms with van der Waals surface area (Å²) >= 11 is 6.85. The SMILES string of the molecule is CCOC(=O)c1cc(Cc2ccccc2)sc1NC(=S)NCc1ccco1.